The first-order chi connectivity index (χ1) is 16.3. The Morgan fingerprint density at radius 1 is 1.06 bits per heavy atom. The summed E-state index contributed by atoms with van der Waals surface area (Å²) in [5.74, 6) is 0.963. The first-order valence-corrected chi connectivity index (χ1v) is 16.3. The molecule has 0 spiro atoms. The molecule has 0 amide bonds. The van der Waals surface area contributed by atoms with Crippen molar-refractivity contribution in [2.45, 2.75) is 97.4 Å². The summed E-state index contributed by atoms with van der Waals surface area (Å²) in [4.78, 5) is 2.28. The van der Waals surface area contributed by atoms with Crippen molar-refractivity contribution in [3.05, 3.63) is 35.9 Å². The maximum Gasteiger partial charge on any atom is 0.173 e. The van der Waals surface area contributed by atoms with Gasteiger partial charge in [0.2, 0.25) is 0 Å². The Morgan fingerprint density at radius 3 is 2.29 bits per heavy atom. The molecule has 1 heterocycles. The molecule has 1 aromatic carbocycles. The van der Waals surface area contributed by atoms with Gasteiger partial charge < -0.3 is 19.0 Å². The number of rotatable bonds is 11. The molecule has 1 aliphatic carbocycles. The summed E-state index contributed by atoms with van der Waals surface area (Å²) in [5, 5.41) is 12.0. The number of aliphatic hydroxyl groups excluding tert-OH is 1. The van der Waals surface area contributed by atoms with E-state index in [1.165, 1.54) is 32.1 Å². The second-order valence-electron chi connectivity index (χ2n) is 11.7. The molecule has 1 unspecified atom stereocenters. The fraction of sp³-hybridized carbons (Fsp3) is 0.786. The molecule has 5 nitrogen and oxygen atoms in total. The van der Waals surface area contributed by atoms with E-state index in [1.807, 2.05) is 6.07 Å². The topological polar surface area (TPSA) is 51.2 Å². The summed E-state index contributed by atoms with van der Waals surface area (Å²) in [5.41, 5.74) is 1.16. The smallest absolute Gasteiger partial charge is 0.173 e. The Balaban J connectivity index is 1.87. The van der Waals surface area contributed by atoms with Gasteiger partial charge in [-0.25, -0.2) is 0 Å². The Bertz CT molecular complexity index is 683. The fourth-order valence-corrected chi connectivity index (χ4v) is 6.53. The molecule has 4 atom stereocenters. The largest absolute Gasteiger partial charge is 0.403 e. The zero-order valence-corrected chi connectivity index (χ0v) is 23.4. The second-order valence-corrected chi connectivity index (χ2v) is 14.1. The average Bonchev–Trinajstić information content (AvgIpc) is 2.83. The second kappa shape index (κ2) is 13.5. The molecule has 1 N–H and O–H groups in total. The minimum atomic E-state index is -1.38. The van der Waals surface area contributed by atoms with Crippen LogP contribution in [0.1, 0.15) is 64.9 Å². The summed E-state index contributed by atoms with van der Waals surface area (Å²) < 4.78 is 18.8. The van der Waals surface area contributed by atoms with Crippen molar-refractivity contribution in [1.29, 1.82) is 0 Å². The summed E-state index contributed by atoms with van der Waals surface area (Å²) in [6, 6.07) is 10.3. The molecule has 1 aliphatic heterocycles. The van der Waals surface area contributed by atoms with Crippen LogP contribution >= 0.6 is 0 Å². The van der Waals surface area contributed by atoms with Crippen LogP contribution in [-0.2, 0) is 20.5 Å². The van der Waals surface area contributed by atoms with Crippen LogP contribution in [0.5, 0.6) is 0 Å². The van der Waals surface area contributed by atoms with Gasteiger partial charge in [0, 0.05) is 13.1 Å². The highest BCUT2D eigenvalue weighted by atomic mass is 28.3. The molecular weight excluding hydrogens is 442 g/mol. The van der Waals surface area contributed by atoms with Crippen LogP contribution in [0.4, 0.5) is 0 Å². The van der Waals surface area contributed by atoms with Gasteiger partial charge in [-0.2, -0.15) is 0 Å². The van der Waals surface area contributed by atoms with Gasteiger partial charge in [0.25, 0.3) is 0 Å². The van der Waals surface area contributed by atoms with Crippen LogP contribution in [0.2, 0.25) is 13.1 Å². The van der Waals surface area contributed by atoms with Gasteiger partial charge in [-0.05, 0) is 42.3 Å². The Kier molecular flexibility index (Phi) is 11.1. The lowest BCUT2D eigenvalue weighted by Gasteiger charge is -2.46. The zero-order valence-electron chi connectivity index (χ0n) is 22.2. The first-order valence-electron chi connectivity index (χ1n) is 13.6. The summed E-state index contributed by atoms with van der Waals surface area (Å²) in [6.07, 6.45) is 6.40. The predicted molar refractivity (Wildman–Crippen MR) is 141 cm³/mol. The average molecular weight is 492 g/mol. The molecular formula is C28H49NO4Si. The van der Waals surface area contributed by atoms with E-state index in [2.05, 4.69) is 63.0 Å². The van der Waals surface area contributed by atoms with Crippen molar-refractivity contribution in [2.24, 2.45) is 17.3 Å². The number of ether oxygens (including phenoxy) is 2. The quantitative estimate of drug-likeness (QED) is 0.430. The van der Waals surface area contributed by atoms with Crippen LogP contribution in [0, 0.1) is 17.3 Å². The normalized spacial score (nSPS) is 22.4. The molecule has 0 radical (unpaired) electrons. The molecule has 1 aromatic rings. The number of morpholine rings is 1. The molecule has 6 heteroatoms. The SMILES string of the molecule is C[SiH](C)OC([C@@H](O)[C@H](OCc1ccccc1)[C@H](CC1CCCCC1)C(C)(C)C)N1CCOCC1. The van der Waals surface area contributed by atoms with Gasteiger partial charge in [-0.3, -0.25) is 4.90 Å². The summed E-state index contributed by atoms with van der Waals surface area (Å²) >= 11 is 0. The Morgan fingerprint density at radius 2 is 1.71 bits per heavy atom. The van der Waals surface area contributed by atoms with E-state index in [-0.39, 0.29) is 23.7 Å². The van der Waals surface area contributed by atoms with E-state index in [4.69, 9.17) is 13.9 Å². The third-order valence-corrected chi connectivity index (χ3v) is 8.38. The van der Waals surface area contributed by atoms with E-state index in [9.17, 15) is 5.11 Å². The van der Waals surface area contributed by atoms with E-state index in [0.29, 0.717) is 19.8 Å². The number of benzene rings is 1. The molecule has 2 fully saturated rings. The lowest BCUT2D eigenvalue weighted by molar-refractivity contribution is -0.176. The monoisotopic (exact) mass is 491 g/mol. The van der Waals surface area contributed by atoms with E-state index in [1.54, 1.807) is 0 Å². The molecule has 2 aliphatic rings. The van der Waals surface area contributed by atoms with E-state index in [0.717, 1.165) is 31.0 Å². The number of hydrogen-bond acceptors (Lipinski definition) is 5. The molecule has 34 heavy (non-hydrogen) atoms. The maximum atomic E-state index is 12.0. The lowest BCUT2D eigenvalue weighted by Crippen LogP contribution is -2.58. The van der Waals surface area contributed by atoms with Gasteiger partial charge in [0.05, 0.1) is 25.9 Å². The number of hydrogen-bond donors (Lipinski definition) is 1. The molecule has 3 rings (SSSR count). The van der Waals surface area contributed by atoms with Crippen LogP contribution in [0.25, 0.3) is 0 Å². The van der Waals surface area contributed by atoms with Gasteiger partial charge >= 0.3 is 0 Å². The zero-order chi connectivity index (χ0) is 24.6. The molecule has 1 saturated carbocycles. The summed E-state index contributed by atoms with van der Waals surface area (Å²) in [7, 11) is -1.38. The predicted octanol–water partition coefficient (Wildman–Crippen LogP) is 5.22. The van der Waals surface area contributed by atoms with Gasteiger partial charge in [-0.1, -0.05) is 83.2 Å². The van der Waals surface area contributed by atoms with E-state index < -0.39 is 15.1 Å². The van der Waals surface area contributed by atoms with Crippen LogP contribution in [0.3, 0.4) is 0 Å². The molecule has 0 aromatic heterocycles. The van der Waals surface area contributed by atoms with Crippen molar-refractivity contribution in [1.82, 2.24) is 4.90 Å². The highest BCUT2D eigenvalue weighted by molar-refractivity contribution is 6.48. The van der Waals surface area contributed by atoms with Crippen LogP contribution in [0.15, 0.2) is 30.3 Å². The highest BCUT2D eigenvalue weighted by Crippen LogP contribution is 2.41. The first kappa shape index (κ1) is 27.8. The molecule has 194 valence electrons. The molecule has 0 bridgehead atoms. The minimum absolute atomic E-state index is 0.0185. The highest BCUT2D eigenvalue weighted by Gasteiger charge is 2.43. The van der Waals surface area contributed by atoms with E-state index >= 15 is 0 Å². The van der Waals surface area contributed by atoms with Crippen molar-refractivity contribution >= 4 is 9.04 Å². The van der Waals surface area contributed by atoms with Crippen molar-refractivity contribution in [2.75, 3.05) is 26.3 Å². The Labute approximate surface area is 209 Å². The maximum absolute atomic E-state index is 12.0. The lowest BCUT2D eigenvalue weighted by atomic mass is 9.69. The van der Waals surface area contributed by atoms with Gasteiger partial charge in [-0.15, -0.1) is 0 Å². The summed E-state index contributed by atoms with van der Waals surface area (Å²) in [6.45, 7) is 14.8. The third-order valence-electron chi connectivity index (χ3n) is 7.55. The van der Waals surface area contributed by atoms with Crippen molar-refractivity contribution in [3.8, 4) is 0 Å². The number of aliphatic hydroxyl groups is 1. The third kappa shape index (κ3) is 8.42. The van der Waals surface area contributed by atoms with Gasteiger partial charge in [0.1, 0.15) is 12.3 Å². The van der Waals surface area contributed by atoms with Crippen molar-refractivity contribution in [3.63, 3.8) is 0 Å². The fourth-order valence-electron chi connectivity index (χ4n) is 5.64. The van der Waals surface area contributed by atoms with Crippen LogP contribution < -0.4 is 0 Å². The standard InChI is InChI=1S/C28H49NO4Si/c1-28(2,3)24(20-22-12-8-6-9-13-22)26(32-21-23-14-10-7-11-15-23)25(30)27(33-34(4)5)29-16-18-31-19-17-29/h7,10-11,14-15,22,24-27,30,34H,6,8-9,12-13,16-21H2,1-5H3/t24-,25-,26+,27?/m0/s1. The minimum Gasteiger partial charge on any atom is -0.403 e. The van der Waals surface area contributed by atoms with Gasteiger partial charge in [0.15, 0.2) is 9.04 Å². The molecule has 1 saturated heterocycles. The van der Waals surface area contributed by atoms with Crippen molar-refractivity contribution < 1.29 is 19.0 Å². The Hall–Kier alpha value is -0.763. The van der Waals surface area contributed by atoms with Crippen LogP contribution in [-0.4, -0.2) is 63.8 Å². The number of nitrogens with zero attached hydrogens (tertiary/aromatic N) is 1.